The van der Waals surface area contributed by atoms with Gasteiger partial charge in [0.05, 0.1) is 12.8 Å². The predicted molar refractivity (Wildman–Crippen MR) is 74.6 cm³/mol. The highest BCUT2D eigenvalue weighted by Gasteiger charge is 2.06. The Balaban J connectivity index is 2.33. The van der Waals surface area contributed by atoms with E-state index in [0.717, 1.165) is 11.4 Å². The molecule has 0 saturated carbocycles. The molecule has 0 aliphatic rings. The Hall–Kier alpha value is -2.49. The Morgan fingerprint density at radius 2 is 1.74 bits per heavy atom. The number of aliphatic imine (C=N–C) groups is 1. The molecule has 0 radical (unpaired) electrons. The van der Waals surface area contributed by atoms with E-state index in [1.165, 1.54) is 18.2 Å². The fourth-order valence-electron chi connectivity index (χ4n) is 1.72. The average molecular weight is 257 g/mol. The van der Waals surface area contributed by atoms with E-state index in [-0.39, 0.29) is 11.5 Å². The zero-order chi connectivity index (χ0) is 13.8. The number of nitrogens with zero attached hydrogens (tertiary/aromatic N) is 1. The van der Waals surface area contributed by atoms with Crippen molar-refractivity contribution in [3.05, 3.63) is 48.0 Å². The van der Waals surface area contributed by atoms with Crippen LogP contribution in [-0.2, 0) is 0 Å². The van der Waals surface area contributed by atoms with Gasteiger partial charge in [-0.3, -0.25) is 4.99 Å². The van der Waals surface area contributed by atoms with Crippen LogP contribution in [0.25, 0.3) is 0 Å². The number of rotatable bonds is 3. The topological polar surface area (TPSA) is 62.0 Å². The van der Waals surface area contributed by atoms with Gasteiger partial charge in [0, 0.05) is 11.3 Å². The van der Waals surface area contributed by atoms with Gasteiger partial charge in [0.1, 0.15) is 17.2 Å². The first kappa shape index (κ1) is 13.0. The van der Waals surface area contributed by atoms with Crippen molar-refractivity contribution in [2.24, 2.45) is 4.99 Å². The van der Waals surface area contributed by atoms with Gasteiger partial charge in [0.25, 0.3) is 0 Å². The molecule has 2 N–H and O–H groups in total. The zero-order valence-corrected chi connectivity index (χ0v) is 10.8. The molecule has 2 aromatic carbocycles. The molecule has 0 aromatic heterocycles. The lowest BCUT2D eigenvalue weighted by molar-refractivity contribution is 0.415. The third-order valence-corrected chi connectivity index (χ3v) is 2.74. The molecule has 0 atom stereocenters. The van der Waals surface area contributed by atoms with E-state index >= 15 is 0 Å². The number of methoxy groups -OCH3 is 1. The average Bonchev–Trinajstić information content (AvgIpc) is 2.42. The minimum absolute atomic E-state index is 0.0903. The van der Waals surface area contributed by atoms with E-state index in [1.54, 1.807) is 14.0 Å². The van der Waals surface area contributed by atoms with Gasteiger partial charge in [-0.15, -0.1) is 0 Å². The first-order valence-electron chi connectivity index (χ1n) is 5.82. The third-order valence-electron chi connectivity index (χ3n) is 2.74. The van der Waals surface area contributed by atoms with E-state index in [4.69, 9.17) is 4.74 Å². The van der Waals surface area contributed by atoms with Gasteiger partial charge in [-0.05, 0) is 49.4 Å². The van der Waals surface area contributed by atoms with Gasteiger partial charge in [0.2, 0.25) is 0 Å². The maximum absolute atomic E-state index is 9.75. The van der Waals surface area contributed by atoms with E-state index < -0.39 is 0 Å². The summed E-state index contributed by atoms with van der Waals surface area (Å²) in [5.41, 5.74) is 1.88. The second kappa shape index (κ2) is 5.44. The minimum atomic E-state index is 0.0903. The Morgan fingerprint density at radius 1 is 1.05 bits per heavy atom. The van der Waals surface area contributed by atoms with E-state index in [1.807, 2.05) is 24.3 Å². The number of phenols is 2. The highest BCUT2D eigenvalue weighted by Crippen LogP contribution is 2.25. The van der Waals surface area contributed by atoms with Crippen molar-refractivity contribution >= 4 is 11.4 Å². The fraction of sp³-hybridized carbons (Fsp3) is 0.133. The summed E-state index contributed by atoms with van der Waals surface area (Å²) in [5, 5.41) is 19.2. The third kappa shape index (κ3) is 3.04. The largest absolute Gasteiger partial charge is 0.508 e. The summed E-state index contributed by atoms with van der Waals surface area (Å²) >= 11 is 0. The smallest absolute Gasteiger partial charge is 0.124 e. The molecule has 4 nitrogen and oxygen atoms in total. The lowest BCUT2D eigenvalue weighted by Gasteiger charge is -2.05. The second-order valence-corrected chi connectivity index (χ2v) is 4.10. The van der Waals surface area contributed by atoms with Crippen molar-refractivity contribution in [1.29, 1.82) is 0 Å². The number of benzene rings is 2. The van der Waals surface area contributed by atoms with E-state index in [2.05, 4.69) is 4.99 Å². The van der Waals surface area contributed by atoms with Gasteiger partial charge in [-0.25, -0.2) is 0 Å². The summed E-state index contributed by atoms with van der Waals surface area (Å²) in [6.45, 7) is 1.78. The molecule has 0 heterocycles. The van der Waals surface area contributed by atoms with Gasteiger partial charge in [-0.2, -0.15) is 0 Å². The Bertz CT molecular complexity index is 603. The standard InChI is InChI=1S/C15H15NO3/c1-10(14-9-12(17)5-8-15(14)18)16-11-3-6-13(19-2)7-4-11/h3-9,17-18H,1-2H3. The summed E-state index contributed by atoms with van der Waals surface area (Å²) in [6, 6.07) is 11.6. The van der Waals surface area contributed by atoms with Crippen LogP contribution in [0.15, 0.2) is 47.5 Å². The van der Waals surface area contributed by atoms with Crippen molar-refractivity contribution in [3.8, 4) is 17.2 Å². The SMILES string of the molecule is COc1ccc(N=C(C)c2cc(O)ccc2O)cc1. The highest BCUT2D eigenvalue weighted by molar-refractivity contribution is 6.02. The number of aromatic hydroxyl groups is 2. The van der Waals surface area contributed by atoms with Crippen LogP contribution in [0, 0.1) is 0 Å². The summed E-state index contributed by atoms with van der Waals surface area (Å²) in [5.74, 6) is 0.946. The van der Waals surface area contributed by atoms with Crippen molar-refractivity contribution in [3.63, 3.8) is 0 Å². The molecule has 0 aliphatic heterocycles. The summed E-state index contributed by atoms with van der Waals surface area (Å²) in [7, 11) is 1.61. The fourth-order valence-corrected chi connectivity index (χ4v) is 1.72. The normalized spacial score (nSPS) is 11.4. The molecular weight excluding hydrogens is 242 g/mol. The van der Waals surface area contributed by atoms with Gasteiger partial charge in [0.15, 0.2) is 0 Å². The molecule has 0 aliphatic carbocycles. The molecule has 0 fully saturated rings. The van der Waals surface area contributed by atoms with Gasteiger partial charge < -0.3 is 14.9 Å². The number of hydrogen-bond acceptors (Lipinski definition) is 4. The van der Waals surface area contributed by atoms with Crippen LogP contribution >= 0.6 is 0 Å². The van der Waals surface area contributed by atoms with Crippen LogP contribution in [0.4, 0.5) is 5.69 Å². The van der Waals surface area contributed by atoms with Crippen molar-refractivity contribution in [2.75, 3.05) is 7.11 Å². The van der Waals surface area contributed by atoms with Crippen LogP contribution in [0.5, 0.6) is 17.2 Å². The number of phenolic OH excluding ortho intramolecular Hbond substituents is 2. The quantitative estimate of drug-likeness (QED) is 0.655. The maximum Gasteiger partial charge on any atom is 0.124 e. The van der Waals surface area contributed by atoms with Crippen LogP contribution in [0.3, 0.4) is 0 Å². The van der Waals surface area contributed by atoms with Crippen LogP contribution < -0.4 is 4.74 Å². The number of ether oxygens (including phenoxy) is 1. The van der Waals surface area contributed by atoms with Crippen molar-refractivity contribution in [2.45, 2.75) is 6.92 Å². The lowest BCUT2D eigenvalue weighted by Crippen LogP contribution is -1.94. The maximum atomic E-state index is 9.75. The first-order chi connectivity index (χ1) is 9.10. The van der Waals surface area contributed by atoms with E-state index in [0.29, 0.717) is 11.3 Å². The molecule has 19 heavy (non-hydrogen) atoms. The van der Waals surface area contributed by atoms with Crippen LogP contribution in [0.1, 0.15) is 12.5 Å². The molecule has 2 aromatic rings. The van der Waals surface area contributed by atoms with Crippen molar-refractivity contribution in [1.82, 2.24) is 0 Å². The summed E-state index contributed by atoms with van der Waals surface area (Å²) in [4.78, 5) is 4.40. The van der Waals surface area contributed by atoms with Crippen LogP contribution in [0.2, 0.25) is 0 Å². The summed E-state index contributed by atoms with van der Waals surface area (Å²) in [6.07, 6.45) is 0. The first-order valence-corrected chi connectivity index (χ1v) is 5.82. The summed E-state index contributed by atoms with van der Waals surface area (Å²) < 4.78 is 5.07. The predicted octanol–water partition coefficient (Wildman–Crippen LogP) is 3.25. The molecular formula is C15H15NO3. The molecule has 0 amide bonds. The Morgan fingerprint density at radius 3 is 2.37 bits per heavy atom. The number of hydrogen-bond donors (Lipinski definition) is 2. The Labute approximate surface area is 111 Å². The van der Waals surface area contributed by atoms with Gasteiger partial charge >= 0.3 is 0 Å². The molecule has 0 spiro atoms. The van der Waals surface area contributed by atoms with E-state index in [9.17, 15) is 10.2 Å². The zero-order valence-electron chi connectivity index (χ0n) is 10.8. The molecule has 0 unspecified atom stereocenters. The van der Waals surface area contributed by atoms with Crippen LogP contribution in [-0.4, -0.2) is 23.0 Å². The minimum Gasteiger partial charge on any atom is -0.508 e. The lowest BCUT2D eigenvalue weighted by atomic mass is 10.1. The Kier molecular flexibility index (Phi) is 3.71. The highest BCUT2D eigenvalue weighted by atomic mass is 16.5. The monoisotopic (exact) mass is 257 g/mol. The molecule has 4 heteroatoms. The second-order valence-electron chi connectivity index (χ2n) is 4.10. The molecule has 0 bridgehead atoms. The molecule has 2 rings (SSSR count). The van der Waals surface area contributed by atoms with Crippen molar-refractivity contribution < 1.29 is 14.9 Å². The molecule has 98 valence electrons. The van der Waals surface area contributed by atoms with Gasteiger partial charge in [-0.1, -0.05) is 0 Å². The molecule has 0 saturated heterocycles.